The normalized spacial score (nSPS) is 14.4. The first-order valence-corrected chi connectivity index (χ1v) is 7.36. The van der Waals surface area contributed by atoms with Crippen LogP contribution in [-0.2, 0) is 14.4 Å². The van der Waals surface area contributed by atoms with Crippen molar-refractivity contribution in [1.82, 2.24) is 4.90 Å². The Kier molecular flexibility index (Phi) is 5.03. The third-order valence-electron chi connectivity index (χ3n) is 3.43. The van der Waals surface area contributed by atoms with E-state index in [9.17, 15) is 14.4 Å². The molecule has 1 saturated heterocycles. The Hall–Kier alpha value is -2.08. The van der Waals surface area contributed by atoms with Crippen molar-refractivity contribution in [1.29, 1.82) is 0 Å². The van der Waals surface area contributed by atoms with Crippen LogP contribution in [0.1, 0.15) is 19.3 Å². The van der Waals surface area contributed by atoms with E-state index in [-0.39, 0.29) is 43.5 Å². The molecule has 1 heterocycles. The van der Waals surface area contributed by atoms with Gasteiger partial charge in [-0.1, -0.05) is 11.6 Å². The van der Waals surface area contributed by atoms with Gasteiger partial charge in [-0.3, -0.25) is 19.3 Å². The summed E-state index contributed by atoms with van der Waals surface area (Å²) in [5.74, 6) is -0.693. The fourth-order valence-corrected chi connectivity index (χ4v) is 2.47. The molecule has 0 saturated carbocycles. The molecule has 0 unspecified atom stereocenters. The third kappa shape index (κ3) is 3.76. The van der Waals surface area contributed by atoms with Crippen molar-refractivity contribution in [2.24, 2.45) is 0 Å². The molecular formula is C15H18ClN3O3. The van der Waals surface area contributed by atoms with Gasteiger partial charge in [0.25, 0.3) is 0 Å². The van der Waals surface area contributed by atoms with E-state index in [1.54, 1.807) is 12.1 Å². The molecule has 0 spiro atoms. The average molecular weight is 324 g/mol. The van der Waals surface area contributed by atoms with Crippen molar-refractivity contribution >= 4 is 40.7 Å². The molecular weight excluding hydrogens is 306 g/mol. The second kappa shape index (κ2) is 6.79. The van der Waals surface area contributed by atoms with E-state index in [4.69, 9.17) is 11.6 Å². The molecule has 1 aliphatic rings. The van der Waals surface area contributed by atoms with E-state index in [0.717, 1.165) is 10.6 Å². The Balaban J connectivity index is 1.99. The zero-order valence-corrected chi connectivity index (χ0v) is 13.3. The number of rotatable bonds is 5. The molecule has 1 N–H and O–H groups in total. The Morgan fingerprint density at radius 2 is 1.91 bits per heavy atom. The summed E-state index contributed by atoms with van der Waals surface area (Å²) < 4.78 is 0. The summed E-state index contributed by atoms with van der Waals surface area (Å²) in [4.78, 5) is 38.0. The lowest BCUT2D eigenvalue weighted by Gasteiger charge is -2.19. The number of nitrogens with zero attached hydrogens (tertiary/aromatic N) is 2. The molecule has 2 rings (SSSR count). The van der Waals surface area contributed by atoms with Gasteiger partial charge >= 0.3 is 0 Å². The van der Waals surface area contributed by atoms with Crippen molar-refractivity contribution in [3.05, 3.63) is 23.2 Å². The van der Waals surface area contributed by atoms with Crippen LogP contribution in [0.15, 0.2) is 18.2 Å². The summed E-state index contributed by atoms with van der Waals surface area (Å²) in [5, 5.41) is 3.29. The lowest BCUT2D eigenvalue weighted by Crippen LogP contribution is -2.32. The number of carbonyl (C=O) groups excluding carboxylic acids is 3. The van der Waals surface area contributed by atoms with Crippen molar-refractivity contribution in [3.63, 3.8) is 0 Å². The van der Waals surface area contributed by atoms with Crippen LogP contribution in [-0.4, -0.2) is 43.3 Å². The number of benzene rings is 1. The number of hydrogen-bond acceptors (Lipinski definition) is 4. The van der Waals surface area contributed by atoms with E-state index in [2.05, 4.69) is 5.32 Å². The van der Waals surface area contributed by atoms with Crippen LogP contribution >= 0.6 is 11.6 Å². The van der Waals surface area contributed by atoms with Gasteiger partial charge in [0.2, 0.25) is 17.7 Å². The molecule has 1 aromatic rings. The van der Waals surface area contributed by atoms with Gasteiger partial charge in [-0.15, -0.1) is 0 Å². The fourth-order valence-electron chi connectivity index (χ4n) is 2.30. The lowest BCUT2D eigenvalue weighted by molar-refractivity contribution is -0.138. The number of imide groups is 1. The van der Waals surface area contributed by atoms with Crippen LogP contribution in [0, 0.1) is 0 Å². The zero-order valence-electron chi connectivity index (χ0n) is 12.6. The molecule has 0 aliphatic carbocycles. The zero-order chi connectivity index (χ0) is 16.3. The number of likely N-dealkylation sites (tertiary alicyclic amines) is 1. The molecule has 118 valence electrons. The van der Waals surface area contributed by atoms with Crippen molar-refractivity contribution in [2.45, 2.75) is 19.3 Å². The van der Waals surface area contributed by atoms with Crippen molar-refractivity contribution in [3.8, 4) is 0 Å². The molecule has 0 radical (unpaired) electrons. The number of nitrogens with one attached hydrogen (secondary N) is 1. The molecule has 0 bridgehead atoms. The standard InChI is InChI=1S/C15H18ClN3O3/c1-18(2)12-4-3-10(16)9-11(12)17-13(20)7-8-19-14(21)5-6-15(19)22/h3-4,9H,5-8H2,1-2H3,(H,17,20). The number of anilines is 2. The highest BCUT2D eigenvalue weighted by Crippen LogP contribution is 2.28. The maximum atomic E-state index is 12.0. The molecule has 0 atom stereocenters. The van der Waals surface area contributed by atoms with E-state index in [1.807, 2.05) is 25.1 Å². The molecule has 7 heteroatoms. The molecule has 1 aromatic carbocycles. The van der Waals surface area contributed by atoms with Gasteiger partial charge < -0.3 is 10.2 Å². The molecule has 22 heavy (non-hydrogen) atoms. The smallest absolute Gasteiger partial charge is 0.229 e. The predicted octanol–water partition coefficient (Wildman–Crippen LogP) is 1.88. The van der Waals surface area contributed by atoms with Crippen LogP contribution in [0.5, 0.6) is 0 Å². The quantitative estimate of drug-likeness (QED) is 0.840. The van der Waals surface area contributed by atoms with Gasteiger partial charge in [-0.25, -0.2) is 0 Å². The minimum atomic E-state index is -0.266. The van der Waals surface area contributed by atoms with Gasteiger partial charge in [0.1, 0.15) is 0 Å². The number of amides is 3. The molecule has 3 amide bonds. The number of halogens is 1. The molecule has 1 fully saturated rings. The van der Waals surface area contributed by atoms with Gasteiger partial charge in [-0.05, 0) is 18.2 Å². The second-order valence-corrected chi connectivity index (χ2v) is 5.73. The third-order valence-corrected chi connectivity index (χ3v) is 3.67. The summed E-state index contributed by atoms with van der Waals surface area (Å²) in [6.45, 7) is 0.112. The molecule has 1 aliphatic heterocycles. The number of carbonyl (C=O) groups is 3. The maximum Gasteiger partial charge on any atom is 0.229 e. The molecule has 0 aromatic heterocycles. The lowest BCUT2D eigenvalue weighted by atomic mass is 10.2. The Morgan fingerprint density at radius 1 is 1.27 bits per heavy atom. The minimum Gasteiger partial charge on any atom is -0.376 e. The summed E-state index contributed by atoms with van der Waals surface area (Å²) >= 11 is 5.96. The number of hydrogen-bond donors (Lipinski definition) is 1. The Labute approximate surface area is 134 Å². The highest BCUT2D eigenvalue weighted by molar-refractivity contribution is 6.31. The van der Waals surface area contributed by atoms with Crippen LogP contribution in [0.25, 0.3) is 0 Å². The monoisotopic (exact) mass is 323 g/mol. The molecule has 6 nitrogen and oxygen atoms in total. The summed E-state index contributed by atoms with van der Waals surface area (Å²) in [7, 11) is 3.72. The van der Waals surface area contributed by atoms with Gasteiger partial charge in [0.15, 0.2) is 0 Å². The summed E-state index contributed by atoms with van der Waals surface area (Å²) in [6.07, 6.45) is 0.538. The average Bonchev–Trinajstić information content (AvgIpc) is 2.75. The summed E-state index contributed by atoms with van der Waals surface area (Å²) in [6, 6.07) is 5.22. The maximum absolute atomic E-state index is 12.0. The van der Waals surface area contributed by atoms with Crippen molar-refractivity contribution in [2.75, 3.05) is 30.9 Å². The predicted molar refractivity (Wildman–Crippen MR) is 85.0 cm³/mol. The van der Waals surface area contributed by atoms with E-state index < -0.39 is 0 Å². The fraction of sp³-hybridized carbons (Fsp3) is 0.400. The Bertz CT molecular complexity index is 600. The van der Waals surface area contributed by atoms with Crippen molar-refractivity contribution < 1.29 is 14.4 Å². The van der Waals surface area contributed by atoms with Gasteiger partial charge in [0.05, 0.1) is 11.4 Å². The van der Waals surface area contributed by atoms with Crippen LogP contribution < -0.4 is 10.2 Å². The SMILES string of the molecule is CN(C)c1ccc(Cl)cc1NC(=O)CCN1C(=O)CCC1=O. The first-order chi connectivity index (χ1) is 10.4. The highest BCUT2D eigenvalue weighted by atomic mass is 35.5. The first-order valence-electron chi connectivity index (χ1n) is 6.98. The summed E-state index contributed by atoms with van der Waals surface area (Å²) in [5.41, 5.74) is 1.42. The Morgan fingerprint density at radius 3 is 2.50 bits per heavy atom. The first kappa shape index (κ1) is 16.3. The topological polar surface area (TPSA) is 69.7 Å². The van der Waals surface area contributed by atoms with Crippen LogP contribution in [0.2, 0.25) is 5.02 Å². The van der Waals surface area contributed by atoms with E-state index >= 15 is 0 Å². The minimum absolute atomic E-state index is 0.0663. The van der Waals surface area contributed by atoms with Crippen LogP contribution in [0.3, 0.4) is 0 Å². The van der Waals surface area contributed by atoms with E-state index in [0.29, 0.717) is 10.7 Å². The van der Waals surface area contributed by atoms with E-state index in [1.165, 1.54) is 0 Å². The highest BCUT2D eigenvalue weighted by Gasteiger charge is 2.28. The van der Waals surface area contributed by atoms with Crippen LogP contribution in [0.4, 0.5) is 11.4 Å². The second-order valence-electron chi connectivity index (χ2n) is 5.29. The van der Waals surface area contributed by atoms with Gasteiger partial charge in [-0.2, -0.15) is 0 Å². The largest absolute Gasteiger partial charge is 0.376 e. The van der Waals surface area contributed by atoms with Gasteiger partial charge in [0, 0.05) is 44.9 Å².